The van der Waals surface area contributed by atoms with Gasteiger partial charge in [-0.05, 0) is 24.6 Å². The van der Waals surface area contributed by atoms with Crippen molar-refractivity contribution in [3.05, 3.63) is 29.8 Å². The Kier molecular flexibility index (Phi) is 3.70. The van der Waals surface area contributed by atoms with E-state index in [2.05, 4.69) is 4.72 Å². The Morgan fingerprint density at radius 2 is 2.16 bits per heavy atom. The average molecular weight is 276 g/mol. The van der Waals surface area contributed by atoms with Crippen molar-refractivity contribution in [1.82, 2.24) is 9.62 Å². The molecule has 0 aromatic heterocycles. The monoisotopic (exact) mass is 276 g/mol. The molecule has 0 amide bonds. The standard InChI is InChI=1S/C12H12N4O2S/c13-7-10-2-1-3-12(6-10)19(17,18)15-11-4-5-16(8-11)9-14/h1-3,6,11,15H,4-5,8H2. The summed E-state index contributed by atoms with van der Waals surface area (Å²) >= 11 is 0. The molecule has 1 aliphatic rings. The van der Waals surface area contributed by atoms with Crippen LogP contribution >= 0.6 is 0 Å². The van der Waals surface area contributed by atoms with Crippen molar-refractivity contribution >= 4 is 10.0 Å². The molecule has 1 saturated heterocycles. The van der Waals surface area contributed by atoms with Crippen LogP contribution in [0.3, 0.4) is 0 Å². The molecular formula is C12H12N4O2S. The fourth-order valence-electron chi connectivity index (χ4n) is 1.97. The van der Waals surface area contributed by atoms with Crippen molar-refractivity contribution < 1.29 is 8.42 Å². The fourth-order valence-corrected chi connectivity index (χ4v) is 3.27. The first-order chi connectivity index (χ1) is 9.05. The number of rotatable bonds is 3. The zero-order chi connectivity index (χ0) is 13.9. The highest BCUT2D eigenvalue weighted by atomic mass is 32.2. The van der Waals surface area contributed by atoms with Gasteiger partial charge in [-0.3, -0.25) is 0 Å². The lowest BCUT2D eigenvalue weighted by Gasteiger charge is -2.12. The van der Waals surface area contributed by atoms with Gasteiger partial charge in [0.15, 0.2) is 6.19 Å². The maximum absolute atomic E-state index is 12.1. The van der Waals surface area contributed by atoms with Crippen molar-refractivity contribution in [2.75, 3.05) is 13.1 Å². The zero-order valence-electron chi connectivity index (χ0n) is 10.1. The third-order valence-electron chi connectivity index (χ3n) is 2.92. The number of nitriles is 2. The van der Waals surface area contributed by atoms with Gasteiger partial charge in [-0.25, -0.2) is 13.1 Å². The van der Waals surface area contributed by atoms with E-state index in [1.165, 1.54) is 23.1 Å². The second-order valence-corrected chi connectivity index (χ2v) is 6.01. The first-order valence-electron chi connectivity index (χ1n) is 5.72. The smallest absolute Gasteiger partial charge is 0.240 e. The molecule has 1 fully saturated rings. The second-order valence-electron chi connectivity index (χ2n) is 4.29. The zero-order valence-corrected chi connectivity index (χ0v) is 10.9. The summed E-state index contributed by atoms with van der Waals surface area (Å²) < 4.78 is 26.8. The summed E-state index contributed by atoms with van der Waals surface area (Å²) in [7, 11) is -3.65. The Bertz CT molecular complexity index is 657. The van der Waals surface area contributed by atoms with Gasteiger partial charge in [-0.15, -0.1) is 0 Å². The first kappa shape index (κ1) is 13.3. The summed E-state index contributed by atoms with van der Waals surface area (Å²) in [5, 5.41) is 17.5. The topological polar surface area (TPSA) is 97.0 Å². The number of hydrogen-bond acceptors (Lipinski definition) is 5. The Balaban J connectivity index is 2.15. The molecule has 1 heterocycles. The van der Waals surface area contributed by atoms with E-state index in [1.54, 1.807) is 6.07 Å². The van der Waals surface area contributed by atoms with Gasteiger partial charge in [0.05, 0.1) is 16.5 Å². The van der Waals surface area contributed by atoms with Crippen LogP contribution in [0.4, 0.5) is 0 Å². The van der Waals surface area contributed by atoms with Gasteiger partial charge in [0.25, 0.3) is 0 Å². The van der Waals surface area contributed by atoms with E-state index < -0.39 is 10.0 Å². The van der Waals surface area contributed by atoms with Gasteiger partial charge >= 0.3 is 0 Å². The number of nitrogens with zero attached hydrogens (tertiary/aromatic N) is 3. The molecule has 1 aliphatic heterocycles. The van der Waals surface area contributed by atoms with Crippen LogP contribution in [0, 0.1) is 22.8 Å². The number of nitrogens with one attached hydrogen (secondary N) is 1. The molecular weight excluding hydrogens is 264 g/mol. The fraction of sp³-hybridized carbons (Fsp3) is 0.333. The summed E-state index contributed by atoms with van der Waals surface area (Å²) in [4.78, 5) is 1.58. The molecule has 7 heteroatoms. The molecule has 6 nitrogen and oxygen atoms in total. The first-order valence-corrected chi connectivity index (χ1v) is 7.20. The molecule has 1 atom stereocenters. The van der Waals surface area contributed by atoms with Crippen LogP contribution in [0.2, 0.25) is 0 Å². The lowest BCUT2D eigenvalue weighted by molar-refractivity contribution is 0.470. The SMILES string of the molecule is N#Cc1cccc(S(=O)(=O)NC2CCN(C#N)C2)c1. The van der Waals surface area contributed by atoms with Crippen LogP contribution in [0.15, 0.2) is 29.2 Å². The largest absolute Gasteiger partial charge is 0.309 e. The quantitative estimate of drug-likeness (QED) is 0.805. The van der Waals surface area contributed by atoms with Crippen molar-refractivity contribution in [2.45, 2.75) is 17.4 Å². The number of hydrogen-bond donors (Lipinski definition) is 1. The second kappa shape index (κ2) is 5.27. The Morgan fingerprint density at radius 1 is 1.37 bits per heavy atom. The van der Waals surface area contributed by atoms with Crippen LogP contribution in [-0.4, -0.2) is 32.4 Å². The van der Waals surface area contributed by atoms with Gasteiger partial charge in [-0.2, -0.15) is 10.5 Å². The highest BCUT2D eigenvalue weighted by Crippen LogP contribution is 2.14. The van der Waals surface area contributed by atoms with E-state index in [9.17, 15) is 8.42 Å². The molecule has 1 N–H and O–H groups in total. The van der Waals surface area contributed by atoms with Crippen LogP contribution in [-0.2, 0) is 10.0 Å². The van der Waals surface area contributed by atoms with Gasteiger partial charge in [0.2, 0.25) is 10.0 Å². The maximum Gasteiger partial charge on any atom is 0.240 e. The predicted molar refractivity (Wildman–Crippen MR) is 67.1 cm³/mol. The van der Waals surface area contributed by atoms with Gasteiger partial charge < -0.3 is 4.90 Å². The van der Waals surface area contributed by atoms with Crippen LogP contribution in [0.5, 0.6) is 0 Å². The van der Waals surface area contributed by atoms with Crippen LogP contribution in [0.25, 0.3) is 0 Å². The summed E-state index contributed by atoms with van der Waals surface area (Å²) in [6, 6.07) is 7.49. The molecule has 1 aromatic rings. The lowest BCUT2D eigenvalue weighted by atomic mass is 10.2. The molecule has 19 heavy (non-hydrogen) atoms. The van der Waals surface area contributed by atoms with E-state index in [-0.39, 0.29) is 10.9 Å². The molecule has 0 aliphatic carbocycles. The third kappa shape index (κ3) is 3.02. The minimum absolute atomic E-state index is 0.0713. The Morgan fingerprint density at radius 3 is 2.79 bits per heavy atom. The van der Waals surface area contributed by atoms with Gasteiger partial charge in [-0.1, -0.05) is 6.07 Å². The predicted octanol–water partition coefficient (Wildman–Crippen LogP) is 0.392. The molecule has 2 rings (SSSR count). The molecule has 1 aromatic carbocycles. The van der Waals surface area contributed by atoms with Crippen molar-refractivity contribution in [1.29, 1.82) is 10.5 Å². The summed E-state index contributed by atoms with van der Waals surface area (Å²) in [5.41, 5.74) is 0.299. The maximum atomic E-state index is 12.1. The van der Waals surface area contributed by atoms with Crippen molar-refractivity contribution in [3.63, 3.8) is 0 Å². The summed E-state index contributed by atoms with van der Waals surface area (Å²) in [6.45, 7) is 0.940. The third-order valence-corrected chi connectivity index (χ3v) is 4.44. The molecule has 0 saturated carbocycles. The van der Waals surface area contributed by atoms with E-state index >= 15 is 0 Å². The molecule has 0 spiro atoms. The Labute approximate surface area is 111 Å². The average Bonchev–Trinajstić information content (AvgIpc) is 2.85. The minimum Gasteiger partial charge on any atom is -0.309 e. The van der Waals surface area contributed by atoms with E-state index in [4.69, 9.17) is 10.5 Å². The van der Waals surface area contributed by atoms with Crippen molar-refractivity contribution in [3.8, 4) is 12.3 Å². The molecule has 0 radical (unpaired) electrons. The minimum atomic E-state index is -3.65. The van der Waals surface area contributed by atoms with Crippen molar-refractivity contribution in [2.24, 2.45) is 0 Å². The highest BCUT2D eigenvalue weighted by molar-refractivity contribution is 7.89. The number of sulfonamides is 1. The normalized spacial score (nSPS) is 18.8. The highest BCUT2D eigenvalue weighted by Gasteiger charge is 2.26. The van der Waals surface area contributed by atoms with E-state index in [0.29, 0.717) is 25.1 Å². The molecule has 98 valence electrons. The summed E-state index contributed by atoms with van der Waals surface area (Å²) in [6.07, 6.45) is 2.60. The van der Waals surface area contributed by atoms with Crippen LogP contribution < -0.4 is 4.72 Å². The van der Waals surface area contributed by atoms with E-state index in [1.807, 2.05) is 12.3 Å². The molecule has 1 unspecified atom stereocenters. The van der Waals surface area contributed by atoms with Crippen LogP contribution in [0.1, 0.15) is 12.0 Å². The number of benzene rings is 1. The summed E-state index contributed by atoms with van der Waals surface area (Å²) in [5.74, 6) is 0. The molecule has 0 bridgehead atoms. The van der Waals surface area contributed by atoms with Gasteiger partial charge in [0, 0.05) is 19.1 Å². The Hall–Kier alpha value is -2.09. The van der Waals surface area contributed by atoms with E-state index in [0.717, 1.165) is 0 Å². The number of likely N-dealkylation sites (tertiary alicyclic amines) is 1. The van der Waals surface area contributed by atoms with Gasteiger partial charge in [0.1, 0.15) is 0 Å². The lowest BCUT2D eigenvalue weighted by Crippen LogP contribution is -2.36.